The van der Waals surface area contributed by atoms with Crippen LogP contribution >= 0.6 is 22.9 Å². The molecule has 1 aromatic rings. The van der Waals surface area contributed by atoms with Gasteiger partial charge in [-0.05, 0) is 12.1 Å². The highest BCUT2D eigenvalue weighted by molar-refractivity contribution is 7.17. The molecule has 98 valence electrons. The second-order valence-electron chi connectivity index (χ2n) is 3.59. The predicted octanol–water partition coefficient (Wildman–Crippen LogP) is 1.09. The van der Waals surface area contributed by atoms with Crippen LogP contribution in [0.15, 0.2) is 12.1 Å². The molecule has 1 aliphatic rings. The zero-order valence-corrected chi connectivity index (χ0v) is 11.0. The first-order valence-corrected chi connectivity index (χ1v) is 6.54. The molecule has 2 N–H and O–H groups in total. The Morgan fingerprint density at radius 1 is 1.28 bits per heavy atom. The lowest BCUT2D eigenvalue weighted by atomic mass is 10.4. The van der Waals surface area contributed by atoms with Gasteiger partial charge in [0, 0.05) is 13.1 Å². The molecule has 2 rings (SSSR count). The Bertz CT molecular complexity index is 445. The van der Waals surface area contributed by atoms with Crippen LogP contribution in [0.4, 0.5) is 4.79 Å². The van der Waals surface area contributed by atoms with Crippen molar-refractivity contribution in [2.24, 2.45) is 0 Å². The first kappa shape index (κ1) is 13.1. The molecule has 0 aliphatic carbocycles. The Balaban J connectivity index is 1.80. The standard InChI is InChI=1S/C10H12ClN3O3S/c11-8-2-1-7(18-8)9(15)12-13-10(16)14-3-5-17-6-4-14/h1-2H,3-6H2,(H,12,15)(H,13,16). The summed E-state index contributed by atoms with van der Waals surface area (Å²) in [6.07, 6.45) is 0. The van der Waals surface area contributed by atoms with Gasteiger partial charge in [-0.15, -0.1) is 11.3 Å². The third-order valence-electron chi connectivity index (χ3n) is 2.38. The van der Waals surface area contributed by atoms with Crippen molar-refractivity contribution in [1.82, 2.24) is 15.8 Å². The average molecular weight is 290 g/mol. The number of rotatable bonds is 1. The number of hydrogen-bond donors (Lipinski definition) is 2. The van der Waals surface area contributed by atoms with E-state index in [-0.39, 0.29) is 11.9 Å². The predicted molar refractivity (Wildman–Crippen MR) is 67.7 cm³/mol. The molecule has 1 fully saturated rings. The summed E-state index contributed by atoms with van der Waals surface area (Å²) in [4.78, 5) is 25.3. The van der Waals surface area contributed by atoms with Crippen LogP contribution in [0.1, 0.15) is 9.67 Å². The molecule has 0 aromatic carbocycles. The van der Waals surface area contributed by atoms with E-state index in [4.69, 9.17) is 16.3 Å². The van der Waals surface area contributed by atoms with Crippen LogP contribution in [0, 0.1) is 0 Å². The van der Waals surface area contributed by atoms with E-state index in [1.54, 1.807) is 17.0 Å². The molecule has 1 saturated heterocycles. The summed E-state index contributed by atoms with van der Waals surface area (Å²) in [5.74, 6) is -0.381. The molecule has 8 heteroatoms. The Morgan fingerprint density at radius 3 is 2.61 bits per heavy atom. The summed E-state index contributed by atoms with van der Waals surface area (Å²) in [5.41, 5.74) is 4.70. The Kier molecular flexibility index (Phi) is 4.40. The second-order valence-corrected chi connectivity index (χ2v) is 5.30. The van der Waals surface area contributed by atoms with Crippen LogP contribution in [-0.2, 0) is 4.74 Å². The first-order valence-electron chi connectivity index (χ1n) is 5.35. The van der Waals surface area contributed by atoms with Gasteiger partial charge in [0.15, 0.2) is 0 Å². The summed E-state index contributed by atoms with van der Waals surface area (Å²) in [7, 11) is 0. The number of nitrogens with one attached hydrogen (secondary N) is 2. The zero-order chi connectivity index (χ0) is 13.0. The maximum atomic E-state index is 11.7. The van der Waals surface area contributed by atoms with Gasteiger partial charge in [0.05, 0.1) is 22.4 Å². The summed E-state index contributed by atoms with van der Waals surface area (Å²) in [5, 5.41) is 0. The van der Waals surface area contributed by atoms with Gasteiger partial charge in [0.1, 0.15) is 0 Å². The monoisotopic (exact) mass is 289 g/mol. The minimum Gasteiger partial charge on any atom is -0.378 e. The molecule has 18 heavy (non-hydrogen) atoms. The van der Waals surface area contributed by atoms with Crippen molar-refractivity contribution in [3.8, 4) is 0 Å². The van der Waals surface area contributed by atoms with Crippen molar-refractivity contribution in [3.05, 3.63) is 21.3 Å². The molecule has 0 bridgehead atoms. The van der Waals surface area contributed by atoms with Crippen LogP contribution in [0.2, 0.25) is 4.34 Å². The number of halogens is 1. The quantitative estimate of drug-likeness (QED) is 0.760. The molecule has 0 atom stereocenters. The van der Waals surface area contributed by atoms with Crippen molar-refractivity contribution in [3.63, 3.8) is 0 Å². The van der Waals surface area contributed by atoms with Gasteiger partial charge in [-0.1, -0.05) is 11.6 Å². The number of urea groups is 1. The van der Waals surface area contributed by atoms with E-state index in [2.05, 4.69) is 10.9 Å². The third kappa shape index (κ3) is 3.34. The van der Waals surface area contributed by atoms with Crippen molar-refractivity contribution >= 4 is 34.9 Å². The van der Waals surface area contributed by atoms with Crippen LogP contribution in [0.25, 0.3) is 0 Å². The number of nitrogens with zero attached hydrogens (tertiary/aromatic N) is 1. The molecule has 1 aromatic heterocycles. The van der Waals surface area contributed by atoms with Crippen LogP contribution in [-0.4, -0.2) is 43.1 Å². The van der Waals surface area contributed by atoms with E-state index in [9.17, 15) is 9.59 Å². The fourth-order valence-corrected chi connectivity index (χ4v) is 2.39. The van der Waals surface area contributed by atoms with Crippen molar-refractivity contribution < 1.29 is 14.3 Å². The van der Waals surface area contributed by atoms with Crippen LogP contribution in [0.5, 0.6) is 0 Å². The van der Waals surface area contributed by atoms with Crippen molar-refractivity contribution in [1.29, 1.82) is 0 Å². The molecular formula is C10H12ClN3O3S. The summed E-state index contributed by atoms with van der Waals surface area (Å²) in [6.45, 7) is 2.07. The minimum absolute atomic E-state index is 0.339. The maximum absolute atomic E-state index is 11.7. The maximum Gasteiger partial charge on any atom is 0.336 e. The summed E-state index contributed by atoms with van der Waals surface area (Å²) >= 11 is 6.87. The molecule has 0 radical (unpaired) electrons. The fraction of sp³-hybridized carbons (Fsp3) is 0.400. The molecule has 3 amide bonds. The van der Waals surface area contributed by atoms with Gasteiger partial charge in [-0.2, -0.15) is 0 Å². The number of carbonyl (C=O) groups excluding carboxylic acids is 2. The van der Waals surface area contributed by atoms with Gasteiger partial charge >= 0.3 is 6.03 Å². The Labute approximate surface area is 113 Å². The number of carbonyl (C=O) groups is 2. The average Bonchev–Trinajstić information content (AvgIpc) is 2.83. The highest BCUT2D eigenvalue weighted by Gasteiger charge is 2.17. The number of hydrazine groups is 1. The van der Waals surface area contributed by atoms with Crippen LogP contribution < -0.4 is 10.9 Å². The number of thiophene rings is 1. The molecule has 1 aliphatic heterocycles. The van der Waals surface area contributed by atoms with Crippen LogP contribution in [0.3, 0.4) is 0 Å². The summed E-state index contributed by atoms with van der Waals surface area (Å²) < 4.78 is 5.65. The lowest BCUT2D eigenvalue weighted by molar-refractivity contribution is 0.0519. The van der Waals surface area contributed by atoms with Gasteiger partial charge in [-0.25, -0.2) is 10.2 Å². The van der Waals surface area contributed by atoms with E-state index >= 15 is 0 Å². The van der Waals surface area contributed by atoms with Gasteiger partial charge in [0.2, 0.25) is 0 Å². The van der Waals surface area contributed by atoms with E-state index in [1.165, 1.54) is 0 Å². The van der Waals surface area contributed by atoms with E-state index in [1.807, 2.05) is 0 Å². The van der Waals surface area contributed by atoms with Gasteiger partial charge in [-0.3, -0.25) is 10.2 Å². The third-order valence-corrected chi connectivity index (χ3v) is 3.61. The SMILES string of the molecule is O=C(NNC(=O)N1CCOCC1)c1ccc(Cl)s1. The van der Waals surface area contributed by atoms with Crippen molar-refractivity contribution in [2.75, 3.05) is 26.3 Å². The zero-order valence-electron chi connectivity index (χ0n) is 9.44. The molecule has 0 unspecified atom stereocenters. The largest absolute Gasteiger partial charge is 0.378 e. The van der Waals surface area contributed by atoms with Gasteiger partial charge in [0.25, 0.3) is 5.91 Å². The lowest BCUT2D eigenvalue weighted by Gasteiger charge is -2.26. The normalized spacial score (nSPS) is 15.3. The van der Waals surface area contributed by atoms with Crippen molar-refractivity contribution in [2.45, 2.75) is 0 Å². The highest BCUT2D eigenvalue weighted by atomic mass is 35.5. The molecule has 6 nitrogen and oxygen atoms in total. The van der Waals surface area contributed by atoms with E-state index < -0.39 is 0 Å². The first-order chi connectivity index (χ1) is 8.66. The van der Waals surface area contributed by atoms with Gasteiger partial charge < -0.3 is 9.64 Å². The Hall–Kier alpha value is -1.31. The smallest absolute Gasteiger partial charge is 0.336 e. The minimum atomic E-state index is -0.381. The topological polar surface area (TPSA) is 70.7 Å². The number of amides is 3. The van der Waals surface area contributed by atoms with E-state index in [0.717, 1.165) is 11.3 Å². The lowest BCUT2D eigenvalue weighted by Crippen LogP contribution is -2.51. The fourth-order valence-electron chi connectivity index (χ4n) is 1.45. The second kappa shape index (κ2) is 6.03. The Morgan fingerprint density at radius 2 is 2.00 bits per heavy atom. The number of ether oxygens (including phenoxy) is 1. The molecule has 0 saturated carbocycles. The molecule has 0 spiro atoms. The molecular weight excluding hydrogens is 278 g/mol. The highest BCUT2D eigenvalue weighted by Crippen LogP contribution is 2.20. The molecule has 2 heterocycles. The number of morpholine rings is 1. The van der Waals surface area contributed by atoms with E-state index in [0.29, 0.717) is 35.5 Å². The number of hydrogen-bond acceptors (Lipinski definition) is 4. The summed E-state index contributed by atoms with van der Waals surface area (Å²) in [6, 6.07) is 2.89.